The Balaban J connectivity index is 1.57. The topological polar surface area (TPSA) is 33.7 Å². The fraction of sp³-hybridized carbons (Fsp3) is 0.538. The Morgan fingerprint density at radius 3 is 2.88 bits per heavy atom. The third kappa shape index (κ3) is 2.23. The number of fused-ring (bicyclic) bond motifs is 1. The smallest absolute Gasteiger partial charge is 0.231 e. The van der Waals surface area contributed by atoms with Crippen LogP contribution in [0.2, 0.25) is 0 Å². The molecule has 92 valence electrons. The molecule has 1 fully saturated rings. The second-order valence-corrected chi connectivity index (χ2v) is 4.73. The highest BCUT2D eigenvalue weighted by atomic mass is 16.7. The number of rotatable bonds is 4. The van der Waals surface area contributed by atoms with E-state index in [1.54, 1.807) is 0 Å². The second kappa shape index (κ2) is 4.55. The molecule has 0 aliphatic carbocycles. The minimum absolute atomic E-state index is 0.354. The third-order valence-electron chi connectivity index (χ3n) is 3.57. The molecule has 0 unspecified atom stereocenters. The Bertz CT molecular complexity index is 404. The zero-order chi connectivity index (χ0) is 11.7. The summed E-state index contributed by atoms with van der Waals surface area (Å²) < 4.78 is 10.7. The highest BCUT2D eigenvalue weighted by Gasteiger charge is 2.21. The van der Waals surface area contributed by atoms with Gasteiger partial charge in [-0.25, -0.2) is 0 Å². The molecule has 0 aromatic heterocycles. The number of benzene rings is 1. The van der Waals surface area contributed by atoms with Gasteiger partial charge in [-0.3, -0.25) is 0 Å². The van der Waals surface area contributed by atoms with Crippen LogP contribution in [0.15, 0.2) is 18.2 Å². The van der Waals surface area contributed by atoms with Crippen molar-refractivity contribution in [3.8, 4) is 11.5 Å². The molecular weight excluding hydrogens is 216 g/mol. The highest BCUT2D eigenvalue weighted by Crippen LogP contribution is 2.32. The molecular formula is C13H18N2O2. The van der Waals surface area contributed by atoms with E-state index in [2.05, 4.69) is 29.4 Å². The molecule has 0 spiro atoms. The molecule has 2 aliphatic heterocycles. The van der Waals surface area contributed by atoms with Gasteiger partial charge in [0.25, 0.3) is 0 Å². The van der Waals surface area contributed by atoms with E-state index in [4.69, 9.17) is 9.47 Å². The first-order valence-corrected chi connectivity index (χ1v) is 6.12. The van der Waals surface area contributed by atoms with Gasteiger partial charge in [-0.05, 0) is 31.2 Å². The average Bonchev–Trinajstić information content (AvgIpc) is 2.71. The van der Waals surface area contributed by atoms with E-state index in [9.17, 15) is 0 Å². The summed E-state index contributed by atoms with van der Waals surface area (Å²) in [6, 6.07) is 6.93. The lowest BCUT2D eigenvalue weighted by atomic mass is 10.1. The van der Waals surface area contributed by atoms with Crippen LogP contribution >= 0.6 is 0 Å². The number of nitrogens with one attached hydrogen (secondary N) is 1. The summed E-state index contributed by atoms with van der Waals surface area (Å²) in [5.74, 6) is 1.75. The van der Waals surface area contributed by atoms with Gasteiger partial charge in [-0.2, -0.15) is 0 Å². The Labute approximate surface area is 102 Å². The molecule has 0 amide bonds. The monoisotopic (exact) mass is 234 g/mol. The third-order valence-corrected chi connectivity index (χ3v) is 3.57. The molecule has 0 radical (unpaired) electrons. The Morgan fingerprint density at radius 1 is 1.29 bits per heavy atom. The molecule has 3 rings (SSSR count). The molecule has 17 heavy (non-hydrogen) atoms. The average molecular weight is 234 g/mol. The van der Waals surface area contributed by atoms with Crippen LogP contribution in [0.3, 0.4) is 0 Å². The van der Waals surface area contributed by atoms with Crippen LogP contribution in [0.25, 0.3) is 0 Å². The Kier molecular flexibility index (Phi) is 2.91. The van der Waals surface area contributed by atoms with Gasteiger partial charge < -0.3 is 19.7 Å². The minimum atomic E-state index is 0.354. The lowest BCUT2D eigenvalue weighted by molar-refractivity contribution is 0.173. The summed E-state index contributed by atoms with van der Waals surface area (Å²) in [5, 5.41) is 3.30. The van der Waals surface area contributed by atoms with E-state index in [1.807, 2.05) is 6.07 Å². The number of likely N-dealkylation sites (N-methyl/N-ethyl adjacent to an activating group) is 1. The quantitative estimate of drug-likeness (QED) is 0.838. The van der Waals surface area contributed by atoms with Crippen LogP contribution in [-0.4, -0.2) is 44.4 Å². The molecule has 0 atom stereocenters. The standard InChI is InChI=1S/C13H18N2O2/c1-15(11-7-14-8-11)5-4-10-2-3-12-13(6-10)17-9-16-12/h2-3,6,11,14H,4-5,7-9H2,1H3. The van der Waals surface area contributed by atoms with E-state index < -0.39 is 0 Å². The minimum Gasteiger partial charge on any atom is -0.454 e. The van der Waals surface area contributed by atoms with Crippen LogP contribution in [0.4, 0.5) is 0 Å². The summed E-state index contributed by atoms with van der Waals surface area (Å²) in [4.78, 5) is 2.42. The van der Waals surface area contributed by atoms with Crippen molar-refractivity contribution in [3.05, 3.63) is 23.8 Å². The summed E-state index contributed by atoms with van der Waals surface area (Å²) in [5.41, 5.74) is 1.31. The number of hydrogen-bond donors (Lipinski definition) is 1. The zero-order valence-corrected chi connectivity index (χ0v) is 10.1. The van der Waals surface area contributed by atoms with Crippen molar-refractivity contribution in [1.82, 2.24) is 10.2 Å². The van der Waals surface area contributed by atoms with Crippen molar-refractivity contribution in [1.29, 1.82) is 0 Å². The molecule has 4 heteroatoms. The van der Waals surface area contributed by atoms with Gasteiger partial charge in [0.1, 0.15) is 0 Å². The van der Waals surface area contributed by atoms with E-state index >= 15 is 0 Å². The molecule has 0 bridgehead atoms. The maximum atomic E-state index is 5.38. The van der Waals surface area contributed by atoms with Crippen molar-refractivity contribution < 1.29 is 9.47 Å². The van der Waals surface area contributed by atoms with Crippen LogP contribution < -0.4 is 14.8 Å². The SMILES string of the molecule is CN(CCc1ccc2c(c1)OCO2)C1CNC1. The first-order valence-electron chi connectivity index (χ1n) is 6.12. The normalized spacial score (nSPS) is 18.5. The van der Waals surface area contributed by atoms with E-state index in [0.29, 0.717) is 12.8 Å². The lowest BCUT2D eigenvalue weighted by Crippen LogP contribution is -2.56. The molecule has 1 aromatic rings. The van der Waals surface area contributed by atoms with Crippen molar-refractivity contribution in [2.45, 2.75) is 12.5 Å². The van der Waals surface area contributed by atoms with Crippen LogP contribution in [0, 0.1) is 0 Å². The van der Waals surface area contributed by atoms with Crippen molar-refractivity contribution in [2.75, 3.05) is 33.5 Å². The van der Waals surface area contributed by atoms with Crippen molar-refractivity contribution >= 4 is 0 Å². The van der Waals surface area contributed by atoms with Gasteiger partial charge in [0.2, 0.25) is 6.79 Å². The fourth-order valence-corrected chi connectivity index (χ4v) is 2.17. The zero-order valence-electron chi connectivity index (χ0n) is 10.1. The summed E-state index contributed by atoms with van der Waals surface area (Å²) in [6.45, 7) is 3.69. The van der Waals surface area contributed by atoms with Gasteiger partial charge >= 0.3 is 0 Å². The number of ether oxygens (including phenoxy) is 2. The number of nitrogens with zero attached hydrogens (tertiary/aromatic N) is 1. The molecule has 0 saturated carbocycles. The maximum Gasteiger partial charge on any atom is 0.231 e. The van der Waals surface area contributed by atoms with Gasteiger partial charge in [-0.15, -0.1) is 0 Å². The van der Waals surface area contributed by atoms with Crippen LogP contribution in [0.1, 0.15) is 5.56 Å². The van der Waals surface area contributed by atoms with Gasteiger partial charge in [-0.1, -0.05) is 6.07 Å². The second-order valence-electron chi connectivity index (χ2n) is 4.73. The highest BCUT2D eigenvalue weighted by molar-refractivity contribution is 5.44. The van der Waals surface area contributed by atoms with Crippen LogP contribution in [0.5, 0.6) is 11.5 Å². The molecule has 4 nitrogen and oxygen atoms in total. The summed E-state index contributed by atoms with van der Waals surface area (Å²) >= 11 is 0. The molecule has 2 heterocycles. The first-order chi connectivity index (χ1) is 8.33. The van der Waals surface area contributed by atoms with Crippen LogP contribution in [-0.2, 0) is 6.42 Å². The largest absolute Gasteiger partial charge is 0.454 e. The van der Waals surface area contributed by atoms with Gasteiger partial charge in [0.15, 0.2) is 11.5 Å². The van der Waals surface area contributed by atoms with Crippen molar-refractivity contribution in [3.63, 3.8) is 0 Å². The summed E-state index contributed by atoms with van der Waals surface area (Å²) in [7, 11) is 2.19. The van der Waals surface area contributed by atoms with E-state index in [0.717, 1.165) is 37.6 Å². The fourth-order valence-electron chi connectivity index (χ4n) is 2.17. The first kappa shape index (κ1) is 10.9. The number of hydrogen-bond acceptors (Lipinski definition) is 4. The Hall–Kier alpha value is -1.26. The Morgan fingerprint density at radius 2 is 2.12 bits per heavy atom. The molecule has 1 N–H and O–H groups in total. The summed E-state index contributed by atoms with van der Waals surface area (Å²) in [6.07, 6.45) is 1.06. The lowest BCUT2D eigenvalue weighted by Gasteiger charge is -2.35. The van der Waals surface area contributed by atoms with E-state index in [-0.39, 0.29) is 0 Å². The van der Waals surface area contributed by atoms with Gasteiger partial charge in [0.05, 0.1) is 0 Å². The molecule has 1 saturated heterocycles. The predicted molar refractivity (Wildman–Crippen MR) is 65.6 cm³/mol. The van der Waals surface area contributed by atoms with Crippen molar-refractivity contribution in [2.24, 2.45) is 0 Å². The van der Waals surface area contributed by atoms with E-state index in [1.165, 1.54) is 5.56 Å². The maximum absolute atomic E-state index is 5.38. The molecule has 2 aliphatic rings. The predicted octanol–water partition coefficient (Wildman–Crippen LogP) is 0.861. The van der Waals surface area contributed by atoms with Gasteiger partial charge in [0, 0.05) is 25.7 Å². The molecule has 1 aromatic carbocycles.